The molecule has 7 heteroatoms. The molecular formula is C27H24F3NO3. The summed E-state index contributed by atoms with van der Waals surface area (Å²) < 4.78 is 44.0. The molecule has 0 aromatic heterocycles. The van der Waals surface area contributed by atoms with Gasteiger partial charge in [0.1, 0.15) is 5.75 Å². The molecule has 5 rings (SSSR count). The Kier molecular flexibility index (Phi) is 5.90. The number of hydrogen-bond donors (Lipinski definition) is 0. The van der Waals surface area contributed by atoms with E-state index < -0.39 is 11.7 Å². The summed E-state index contributed by atoms with van der Waals surface area (Å²) in [5, 5.41) is 1.76. The molecule has 2 aliphatic rings. The molecule has 3 aromatic rings. The van der Waals surface area contributed by atoms with Crippen LogP contribution in [0.3, 0.4) is 0 Å². The summed E-state index contributed by atoms with van der Waals surface area (Å²) in [6.07, 6.45) is -2.72. The summed E-state index contributed by atoms with van der Waals surface area (Å²) in [5.41, 5.74) is 1.48. The molecule has 0 N–H and O–H groups in total. The number of halogens is 3. The van der Waals surface area contributed by atoms with E-state index in [0.717, 1.165) is 48.0 Å². The van der Waals surface area contributed by atoms with Crippen molar-refractivity contribution in [1.29, 1.82) is 0 Å². The van der Waals surface area contributed by atoms with Gasteiger partial charge in [0.2, 0.25) is 0 Å². The number of hydrogen-bond acceptors (Lipinski definition) is 4. The van der Waals surface area contributed by atoms with Crippen molar-refractivity contribution in [3.05, 3.63) is 76.9 Å². The second-order valence-corrected chi connectivity index (χ2v) is 9.01. The number of Topliss-reactive ketones (excluding diaryl/α,β-unsaturated/α-hetero) is 2. The fourth-order valence-electron chi connectivity index (χ4n) is 4.83. The van der Waals surface area contributed by atoms with Crippen LogP contribution in [0.4, 0.5) is 13.2 Å². The third kappa shape index (κ3) is 4.57. The molecule has 176 valence electrons. The number of fused-ring (bicyclic) bond motifs is 2. The van der Waals surface area contributed by atoms with Crippen molar-refractivity contribution in [1.82, 2.24) is 4.90 Å². The van der Waals surface area contributed by atoms with Crippen molar-refractivity contribution in [2.45, 2.75) is 31.4 Å². The second-order valence-electron chi connectivity index (χ2n) is 9.01. The lowest BCUT2D eigenvalue weighted by molar-refractivity contribution is -0.137. The summed E-state index contributed by atoms with van der Waals surface area (Å²) >= 11 is 0. The Bertz CT molecular complexity index is 1250. The third-order valence-electron chi connectivity index (χ3n) is 6.78. The minimum atomic E-state index is -4.33. The number of rotatable bonds is 5. The molecule has 0 saturated carbocycles. The van der Waals surface area contributed by atoms with Crippen molar-refractivity contribution in [3.63, 3.8) is 0 Å². The lowest BCUT2D eigenvalue weighted by atomic mass is 9.97. The Morgan fingerprint density at radius 3 is 2.59 bits per heavy atom. The van der Waals surface area contributed by atoms with Crippen LogP contribution in [0.1, 0.15) is 57.0 Å². The van der Waals surface area contributed by atoms with Crippen LogP contribution in [0.15, 0.2) is 54.6 Å². The highest BCUT2D eigenvalue weighted by Crippen LogP contribution is 2.33. The van der Waals surface area contributed by atoms with Crippen molar-refractivity contribution in [3.8, 4) is 5.75 Å². The Hall–Kier alpha value is -3.19. The number of alkyl halides is 3. The van der Waals surface area contributed by atoms with Crippen LogP contribution in [0.2, 0.25) is 0 Å². The molecule has 2 heterocycles. The Morgan fingerprint density at radius 2 is 1.82 bits per heavy atom. The van der Waals surface area contributed by atoms with E-state index in [2.05, 4.69) is 4.90 Å². The van der Waals surface area contributed by atoms with Gasteiger partial charge in [0, 0.05) is 31.5 Å². The van der Waals surface area contributed by atoms with Crippen molar-refractivity contribution in [2.75, 3.05) is 26.2 Å². The van der Waals surface area contributed by atoms with Crippen LogP contribution in [0, 0.1) is 0 Å². The summed E-state index contributed by atoms with van der Waals surface area (Å²) in [6, 6.07) is 14.6. The van der Waals surface area contributed by atoms with E-state index in [4.69, 9.17) is 4.74 Å². The highest BCUT2D eigenvalue weighted by Gasteiger charge is 2.31. The molecule has 1 atom stereocenters. The lowest BCUT2D eigenvalue weighted by Crippen LogP contribution is -2.23. The second kappa shape index (κ2) is 8.87. The zero-order valence-corrected chi connectivity index (χ0v) is 18.5. The van der Waals surface area contributed by atoms with Gasteiger partial charge in [-0.15, -0.1) is 0 Å². The van der Waals surface area contributed by atoms with Gasteiger partial charge in [-0.25, -0.2) is 0 Å². The van der Waals surface area contributed by atoms with Gasteiger partial charge in [0.05, 0.1) is 17.7 Å². The average Bonchev–Trinajstić information content (AvgIpc) is 3.30. The molecular weight excluding hydrogens is 443 g/mol. The normalized spacial score (nSPS) is 18.7. The molecule has 3 aromatic carbocycles. The van der Waals surface area contributed by atoms with E-state index in [1.807, 2.05) is 24.3 Å². The number of carbonyl (C=O) groups is 2. The molecule has 1 unspecified atom stereocenters. The first-order valence-electron chi connectivity index (χ1n) is 11.4. The van der Waals surface area contributed by atoms with Gasteiger partial charge in [-0.2, -0.15) is 13.2 Å². The number of ether oxygens (including phenoxy) is 1. The van der Waals surface area contributed by atoms with Crippen molar-refractivity contribution >= 4 is 22.3 Å². The summed E-state index contributed by atoms with van der Waals surface area (Å²) in [7, 11) is 0. The van der Waals surface area contributed by atoms with Crippen molar-refractivity contribution < 1.29 is 27.5 Å². The first-order valence-corrected chi connectivity index (χ1v) is 11.4. The quantitative estimate of drug-likeness (QED) is 0.439. The first kappa shape index (κ1) is 22.6. The standard InChI is InChI=1S/C27H24F3NO3/c28-27(29,30)22-5-3-17(4-6-22)20-7-10-31(16-20)11-8-24(32)19-2-1-18-14-23-25(33)9-12-34-26(23)15-21(18)13-19/h1-6,13-15,20H,7-12,16H2. The van der Waals surface area contributed by atoms with Gasteiger partial charge in [-0.05, 0) is 65.6 Å². The zero-order valence-electron chi connectivity index (χ0n) is 18.5. The molecule has 1 fully saturated rings. The van der Waals surface area contributed by atoms with E-state index >= 15 is 0 Å². The summed E-state index contributed by atoms with van der Waals surface area (Å²) in [5.74, 6) is 0.852. The SMILES string of the molecule is O=C(CCN1CCC(c2ccc(C(F)(F)F)cc2)C1)c1ccc2cc3c(cc2c1)OCCC3=O. The van der Waals surface area contributed by atoms with Crippen LogP contribution in [-0.4, -0.2) is 42.7 Å². The fraction of sp³-hybridized carbons (Fsp3) is 0.333. The maximum absolute atomic E-state index is 12.9. The molecule has 2 aliphatic heterocycles. The fourth-order valence-corrected chi connectivity index (χ4v) is 4.83. The first-order chi connectivity index (χ1) is 16.3. The zero-order chi connectivity index (χ0) is 23.9. The van der Waals surface area contributed by atoms with Gasteiger partial charge < -0.3 is 9.64 Å². The van der Waals surface area contributed by atoms with E-state index in [9.17, 15) is 22.8 Å². The largest absolute Gasteiger partial charge is 0.492 e. The van der Waals surface area contributed by atoms with Gasteiger partial charge >= 0.3 is 6.18 Å². The van der Waals surface area contributed by atoms with Crippen LogP contribution >= 0.6 is 0 Å². The molecule has 4 nitrogen and oxygen atoms in total. The minimum Gasteiger partial charge on any atom is -0.492 e. The maximum atomic E-state index is 12.9. The van der Waals surface area contributed by atoms with Gasteiger partial charge in [-0.1, -0.05) is 24.3 Å². The monoisotopic (exact) mass is 467 g/mol. The predicted octanol–water partition coefficient (Wildman–Crippen LogP) is 5.89. The number of ketones is 2. The molecule has 0 bridgehead atoms. The molecule has 0 radical (unpaired) electrons. The molecule has 1 saturated heterocycles. The summed E-state index contributed by atoms with van der Waals surface area (Å²) in [6.45, 7) is 2.52. The van der Waals surface area contributed by atoms with Crippen LogP contribution < -0.4 is 4.74 Å². The molecule has 0 aliphatic carbocycles. The van der Waals surface area contributed by atoms with Crippen LogP contribution in [-0.2, 0) is 6.18 Å². The molecule has 0 amide bonds. The van der Waals surface area contributed by atoms with E-state index in [0.29, 0.717) is 42.9 Å². The lowest BCUT2D eigenvalue weighted by Gasteiger charge is -2.17. The Labute approximate surface area is 195 Å². The topological polar surface area (TPSA) is 46.6 Å². The van der Waals surface area contributed by atoms with Gasteiger partial charge in [0.15, 0.2) is 11.6 Å². The smallest absolute Gasteiger partial charge is 0.416 e. The number of nitrogens with zero attached hydrogens (tertiary/aromatic N) is 1. The number of benzene rings is 3. The molecule has 0 spiro atoms. The van der Waals surface area contributed by atoms with E-state index in [-0.39, 0.29) is 17.5 Å². The van der Waals surface area contributed by atoms with Crippen LogP contribution in [0.25, 0.3) is 10.8 Å². The van der Waals surface area contributed by atoms with Gasteiger partial charge in [-0.3, -0.25) is 9.59 Å². The highest BCUT2D eigenvalue weighted by atomic mass is 19.4. The maximum Gasteiger partial charge on any atom is 0.416 e. The Morgan fingerprint density at radius 1 is 1.03 bits per heavy atom. The van der Waals surface area contributed by atoms with Crippen LogP contribution in [0.5, 0.6) is 5.75 Å². The van der Waals surface area contributed by atoms with E-state index in [1.165, 1.54) is 0 Å². The minimum absolute atomic E-state index is 0.0367. The highest BCUT2D eigenvalue weighted by molar-refractivity contribution is 6.05. The Balaban J connectivity index is 1.21. The number of likely N-dealkylation sites (tertiary alicyclic amines) is 1. The number of carbonyl (C=O) groups excluding carboxylic acids is 2. The average molecular weight is 467 g/mol. The van der Waals surface area contributed by atoms with Gasteiger partial charge in [0.25, 0.3) is 0 Å². The summed E-state index contributed by atoms with van der Waals surface area (Å²) in [4.78, 5) is 27.1. The van der Waals surface area contributed by atoms with E-state index in [1.54, 1.807) is 18.2 Å². The third-order valence-corrected chi connectivity index (χ3v) is 6.78. The molecule has 34 heavy (non-hydrogen) atoms. The van der Waals surface area contributed by atoms with Crippen molar-refractivity contribution in [2.24, 2.45) is 0 Å². The predicted molar refractivity (Wildman–Crippen MR) is 123 cm³/mol.